The Morgan fingerprint density at radius 2 is 2.06 bits per heavy atom. The van der Waals surface area contributed by atoms with E-state index in [1.54, 1.807) is 6.07 Å². The van der Waals surface area contributed by atoms with Crippen LogP contribution in [0.2, 0.25) is 0 Å². The average molecular weight is 244 g/mol. The molecule has 2 atom stereocenters. The molecule has 0 aliphatic heterocycles. The standard InChI is InChI=1S/C13H15F3O/c1-9-5-6-12(17,8-9)10-3-2-4-11(7-10)13(14,15)16/h2-4,7,9,17H,5-6,8H2,1H3. The van der Waals surface area contributed by atoms with Crippen molar-refractivity contribution in [1.29, 1.82) is 0 Å². The number of alkyl halides is 3. The monoisotopic (exact) mass is 244 g/mol. The summed E-state index contributed by atoms with van der Waals surface area (Å²) in [5.74, 6) is 0.356. The third-order valence-corrected chi connectivity index (χ3v) is 3.46. The Bertz CT molecular complexity index is 413. The molecule has 94 valence electrons. The van der Waals surface area contributed by atoms with E-state index in [-0.39, 0.29) is 0 Å². The van der Waals surface area contributed by atoms with E-state index in [4.69, 9.17) is 0 Å². The minimum absolute atomic E-state index is 0.356. The lowest BCUT2D eigenvalue weighted by atomic mass is 9.90. The highest BCUT2D eigenvalue weighted by atomic mass is 19.4. The van der Waals surface area contributed by atoms with Crippen LogP contribution in [0.4, 0.5) is 13.2 Å². The van der Waals surface area contributed by atoms with E-state index in [2.05, 4.69) is 0 Å². The van der Waals surface area contributed by atoms with Gasteiger partial charge >= 0.3 is 6.18 Å². The van der Waals surface area contributed by atoms with Gasteiger partial charge in [0.15, 0.2) is 0 Å². The zero-order chi connectivity index (χ0) is 12.7. The Morgan fingerprint density at radius 3 is 2.59 bits per heavy atom. The second-order valence-electron chi connectivity index (χ2n) is 4.96. The van der Waals surface area contributed by atoms with Gasteiger partial charge in [0.2, 0.25) is 0 Å². The van der Waals surface area contributed by atoms with Crippen molar-refractivity contribution in [2.45, 2.75) is 38.0 Å². The third kappa shape index (κ3) is 2.46. The lowest BCUT2D eigenvalue weighted by molar-refractivity contribution is -0.137. The summed E-state index contributed by atoms with van der Waals surface area (Å²) >= 11 is 0. The number of hydrogen-bond acceptors (Lipinski definition) is 1. The van der Waals surface area contributed by atoms with Crippen molar-refractivity contribution in [3.05, 3.63) is 35.4 Å². The molecule has 2 rings (SSSR count). The summed E-state index contributed by atoms with van der Waals surface area (Å²) in [5, 5.41) is 10.4. The maximum Gasteiger partial charge on any atom is 0.416 e. The second kappa shape index (κ2) is 4.02. The van der Waals surface area contributed by atoms with Gasteiger partial charge in [0.25, 0.3) is 0 Å². The molecular formula is C13H15F3O. The Labute approximate surface area is 98.3 Å². The maximum absolute atomic E-state index is 12.6. The third-order valence-electron chi connectivity index (χ3n) is 3.46. The first-order chi connectivity index (χ1) is 7.81. The predicted molar refractivity (Wildman–Crippen MR) is 58.4 cm³/mol. The second-order valence-corrected chi connectivity index (χ2v) is 4.96. The van der Waals surface area contributed by atoms with Gasteiger partial charge in [-0.05, 0) is 42.9 Å². The lowest BCUT2D eigenvalue weighted by Crippen LogP contribution is -2.22. The van der Waals surface area contributed by atoms with Gasteiger partial charge in [-0.1, -0.05) is 19.1 Å². The van der Waals surface area contributed by atoms with Crippen LogP contribution in [0.1, 0.15) is 37.3 Å². The Morgan fingerprint density at radius 1 is 1.35 bits per heavy atom. The molecule has 1 aliphatic rings. The highest BCUT2D eigenvalue weighted by Crippen LogP contribution is 2.43. The number of halogens is 3. The maximum atomic E-state index is 12.6. The molecule has 0 amide bonds. The van der Waals surface area contributed by atoms with Crippen molar-refractivity contribution in [2.24, 2.45) is 5.92 Å². The van der Waals surface area contributed by atoms with Crippen molar-refractivity contribution in [3.8, 4) is 0 Å². The van der Waals surface area contributed by atoms with Crippen LogP contribution in [-0.2, 0) is 11.8 Å². The van der Waals surface area contributed by atoms with Crippen LogP contribution < -0.4 is 0 Å². The van der Waals surface area contributed by atoms with Crippen LogP contribution in [0.3, 0.4) is 0 Å². The molecule has 1 N–H and O–H groups in total. The quantitative estimate of drug-likeness (QED) is 0.798. The van der Waals surface area contributed by atoms with Crippen molar-refractivity contribution in [2.75, 3.05) is 0 Å². The predicted octanol–water partition coefficient (Wildman–Crippen LogP) is 3.71. The molecule has 1 aromatic carbocycles. The number of hydrogen-bond donors (Lipinski definition) is 1. The van der Waals surface area contributed by atoms with Crippen molar-refractivity contribution in [1.82, 2.24) is 0 Å². The molecule has 17 heavy (non-hydrogen) atoms. The van der Waals surface area contributed by atoms with E-state index in [1.807, 2.05) is 6.92 Å². The van der Waals surface area contributed by atoms with Crippen molar-refractivity contribution in [3.63, 3.8) is 0 Å². The normalized spacial score (nSPS) is 29.6. The highest BCUT2D eigenvalue weighted by molar-refractivity contribution is 5.30. The molecule has 4 heteroatoms. The van der Waals surface area contributed by atoms with Crippen LogP contribution >= 0.6 is 0 Å². The smallest absolute Gasteiger partial charge is 0.385 e. The number of aliphatic hydroxyl groups is 1. The summed E-state index contributed by atoms with van der Waals surface area (Å²) < 4.78 is 37.7. The molecule has 1 fully saturated rings. The van der Waals surface area contributed by atoms with Gasteiger partial charge in [0.05, 0.1) is 11.2 Å². The highest BCUT2D eigenvalue weighted by Gasteiger charge is 2.38. The molecule has 0 spiro atoms. The van der Waals surface area contributed by atoms with Gasteiger partial charge in [-0.25, -0.2) is 0 Å². The molecule has 0 radical (unpaired) electrons. The minimum Gasteiger partial charge on any atom is -0.385 e. The molecule has 1 aromatic rings. The zero-order valence-electron chi connectivity index (χ0n) is 9.59. The molecule has 1 saturated carbocycles. The van der Waals surface area contributed by atoms with Gasteiger partial charge < -0.3 is 5.11 Å². The first-order valence-corrected chi connectivity index (χ1v) is 5.71. The summed E-state index contributed by atoms with van der Waals surface area (Å²) in [6.07, 6.45) is -2.42. The summed E-state index contributed by atoms with van der Waals surface area (Å²) in [5.41, 5.74) is -1.39. The van der Waals surface area contributed by atoms with Gasteiger partial charge in [-0.15, -0.1) is 0 Å². The van der Waals surface area contributed by atoms with E-state index >= 15 is 0 Å². The minimum atomic E-state index is -4.35. The summed E-state index contributed by atoms with van der Waals surface area (Å²) in [4.78, 5) is 0. The van der Waals surface area contributed by atoms with Gasteiger partial charge in [-0.2, -0.15) is 13.2 Å². The summed E-state index contributed by atoms with van der Waals surface area (Å²) in [6.45, 7) is 2.01. The van der Waals surface area contributed by atoms with Gasteiger partial charge in [0.1, 0.15) is 0 Å². The summed E-state index contributed by atoms with van der Waals surface area (Å²) in [6, 6.07) is 5.04. The first kappa shape index (κ1) is 12.4. The Kier molecular flexibility index (Phi) is 2.94. The SMILES string of the molecule is CC1CCC(O)(c2cccc(C(F)(F)F)c2)C1. The van der Waals surface area contributed by atoms with E-state index in [0.717, 1.165) is 18.6 Å². The topological polar surface area (TPSA) is 20.2 Å². The van der Waals surface area contributed by atoms with Crippen LogP contribution in [0.25, 0.3) is 0 Å². The molecule has 0 saturated heterocycles. The van der Waals surface area contributed by atoms with E-state index < -0.39 is 17.3 Å². The van der Waals surface area contributed by atoms with Gasteiger partial charge in [-0.3, -0.25) is 0 Å². The van der Waals surface area contributed by atoms with Crippen molar-refractivity contribution >= 4 is 0 Å². The van der Waals surface area contributed by atoms with E-state index in [0.29, 0.717) is 24.3 Å². The molecule has 0 bridgehead atoms. The molecule has 2 unspecified atom stereocenters. The van der Waals surface area contributed by atoms with Crippen LogP contribution in [0.5, 0.6) is 0 Å². The number of benzene rings is 1. The molecule has 1 nitrogen and oxygen atoms in total. The fraction of sp³-hybridized carbons (Fsp3) is 0.538. The summed E-state index contributed by atoms with van der Waals surface area (Å²) in [7, 11) is 0. The molecule has 1 aliphatic carbocycles. The van der Waals surface area contributed by atoms with Crippen LogP contribution in [-0.4, -0.2) is 5.11 Å². The van der Waals surface area contributed by atoms with Crippen LogP contribution in [0, 0.1) is 5.92 Å². The average Bonchev–Trinajstić information content (AvgIpc) is 2.59. The fourth-order valence-corrected chi connectivity index (χ4v) is 2.51. The van der Waals surface area contributed by atoms with Gasteiger partial charge in [0, 0.05) is 0 Å². The van der Waals surface area contributed by atoms with Crippen molar-refractivity contribution < 1.29 is 18.3 Å². The molecular weight excluding hydrogens is 229 g/mol. The zero-order valence-corrected chi connectivity index (χ0v) is 9.59. The van der Waals surface area contributed by atoms with E-state index in [9.17, 15) is 18.3 Å². The molecule has 0 aromatic heterocycles. The van der Waals surface area contributed by atoms with E-state index in [1.165, 1.54) is 6.07 Å². The lowest BCUT2D eigenvalue weighted by Gasteiger charge is -2.24. The molecule has 0 heterocycles. The number of rotatable bonds is 1. The Hall–Kier alpha value is -1.03. The fourth-order valence-electron chi connectivity index (χ4n) is 2.51. The largest absolute Gasteiger partial charge is 0.416 e. The first-order valence-electron chi connectivity index (χ1n) is 5.71. The van der Waals surface area contributed by atoms with Crippen LogP contribution in [0.15, 0.2) is 24.3 Å². The Balaban J connectivity index is 2.34.